The van der Waals surface area contributed by atoms with Gasteiger partial charge in [-0.1, -0.05) is 23.7 Å². The quantitative estimate of drug-likeness (QED) is 0.643. The maximum Gasteiger partial charge on any atom is 0.271 e. The highest BCUT2D eigenvalue weighted by atomic mass is 35.5. The lowest BCUT2D eigenvalue weighted by atomic mass is 10.1. The molecule has 1 N–H and O–H groups in total. The number of hydrogen-bond donors (Lipinski definition) is 1. The first-order valence-electron chi connectivity index (χ1n) is 9.71. The molecule has 0 aliphatic carbocycles. The van der Waals surface area contributed by atoms with Crippen LogP contribution in [0.4, 0.5) is 4.39 Å². The first kappa shape index (κ1) is 21.5. The Hall–Kier alpha value is -2.75. The molecule has 0 atom stereocenters. The number of amides is 1. The van der Waals surface area contributed by atoms with Crippen LogP contribution in [0, 0.1) is 5.82 Å². The van der Waals surface area contributed by atoms with E-state index in [9.17, 15) is 17.6 Å². The number of carbonyl (C=O) groups excluding carboxylic acids is 1. The van der Waals surface area contributed by atoms with Crippen molar-refractivity contribution >= 4 is 27.5 Å². The molecule has 1 fully saturated rings. The van der Waals surface area contributed by atoms with Crippen LogP contribution in [-0.4, -0.2) is 59.9 Å². The van der Waals surface area contributed by atoms with Crippen molar-refractivity contribution in [2.45, 2.75) is 11.3 Å². The predicted octanol–water partition coefficient (Wildman–Crippen LogP) is 3.41. The summed E-state index contributed by atoms with van der Waals surface area (Å²) in [6, 6.07) is 13.6. The van der Waals surface area contributed by atoms with Gasteiger partial charge in [0.25, 0.3) is 5.91 Å². The van der Waals surface area contributed by atoms with Crippen molar-refractivity contribution in [2.24, 2.45) is 0 Å². The molecule has 0 spiro atoms. The van der Waals surface area contributed by atoms with Crippen LogP contribution in [0.3, 0.4) is 0 Å². The van der Waals surface area contributed by atoms with E-state index >= 15 is 0 Å². The lowest BCUT2D eigenvalue weighted by Gasteiger charge is -2.21. The molecule has 1 amide bonds. The van der Waals surface area contributed by atoms with E-state index in [1.165, 1.54) is 16.4 Å². The third-order valence-electron chi connectivity index (χ3n) is 5.12. The van der Waals surface area contributed by atoms with Crippen molar-refractivity contribution in [1.29, 1.82) is 0 Å². The molecule has 2 heterocycles. The topological polar surface area (TPSA) is 86.4 Å². The van der Waals surface area contributed by atoms with Crippen LogP contribution < -0.4 is 0 Å². The molecule has 162 valence electrons. The Morgan fingerprint density at radius 3 is 2.55 bits per heavy atom. The van der Waals surface area contributed by atoms with Crippen molar-refractivity contribution < 1.29 is 17.6 Å². The molecule has 1 aliphatic rings. The Labute approximate surface area is 184 Å². The van der Waals surface area contributed by atoms with E-state index in [1.54, 1.807) is 29.2 Å². The van der Waals surface area contributed by atoms with Crippen molar-refractivity contribution in [3.8, 4) is 11.3 Å². The number of halogens is 2. The molecule has 0 bridgehead atoms. The summed E-state index contributed by atoms with van der Waals surface area (Å²) in [4.78, 5) is 14.6. The predicted molar refractivity (Wildman–Crippen MR) is 115 cm³/mol. The van der Waals surface area contributed by atoms with Gasteiger partial charge in [0, 0.05) is 36.8 Å². The van der Waals surface area contributed by atoms with Crippen LogP contribution >= 0.6 is 11.6 Å². The normalized spacial score (nSPS) is 15.6. The number of nitrogens with one attached hydrogen (secondary N) is 1. The molecule has 1 aliphatic heterocycles. The number of sulfonamides is 1. The molecule has 10 heteroatoms. The zero-order chi connectivity index (χ0) is 22.0. The Bertz CT molecular complexity index is 1200. The van der Waals surface area contributed by atoms with Crippen molar-refractivity contribution in [3.63, 3.8) is 0 Å². The van der Waals surface area contributed by atoms with Crippen LogP contribution in [0.1, 0.15) is 16.9 Å². The molecule has 0 radical (unpaired) electrons. The van der Waals surface area contributed by atoms with Crippen molar-refractivity contribution in [1.82, 2.24) is 19.4 Å². The Morgan fingerprint density at radius 2 is 1.81 bits per heavy atom. The largest absolute Gasteiger partial charge is 0.336 e. The number of aromatic nitrogens is 2. The Morgan fingerprint density at radius 1 is 1.03 bits per heavy atom. The van der Waals surface area contributed by atoms with E-state index in [2.05, 4.69) is 10.2 Å². The van der Waals surface area contributed by atoms with Crippen LogP contribution in [0.25, 0.3) is 11.3 Å². The molecule has 0 unspecified atom stereocenters. The first-order valence-corrected chi connectivity index (χ1v) is 11.5. The molecule has 1 saturated heterocycles. The molecular formula is C21H20ClFN4O3S. The molecule has 3 aromatic rings. The van der Waals surface area contributed by atoms with Gasteiger partial charge in [-0.05, 0) is 48.9 Å². The fourth-order valence-electron chi connectivity index (χ4n) is 3.49. The Kier molecular flexibility index (Phi) is 6.08. The Balaban J connectivity index is 1.46. The SMILES string of the molecule is O=C(c1cc(-c2cccc(Cl)c2)n[nH]1)N1CCCN(S(=O)(=O)c2ccc(F)cc2)CC1. The minimum absolute atomic E-state index is 0.0356. The van der Waals surface area contributed by atoms with Gasteiger partial charge in [-0.15, -0.1) is 0 Å². The number of hydrogen-bond acceptors (Lipinski definition) is 4. The molecule has 4 rings (SSSR count). The fourth-order valence-corrected chi connectivity index (χ4v) is 5.15. The lowest BCUT2D eigenvalue weighted by Crippen LogP contribution is -2.37. The van der Waals surface area contributed by atoms with Gasteiger partial charge in [0.1, 0.15) is 11.5 Å². The third kappa shape index (κ3) is 4.63. The summed E-state index contributed by atoms with van der Waals surface area (Å²) < 4.78 is 40.2. The molecule has 7 nitrogen and oxygen atoms in total. The van der Waals surface area contributed by atoms with Gasteiger partial charge in [-0.2, -0.15) is 9.40 Å². The van der Waals surface area contributed by atoms with Gasteiger partial charge in [0.05, 0.1) is 10.6 Å². The van der Waals surface area contributed by atoms with Gasteiger partial charge in [0.2, 0.25) is 10.0 Å². The summed E-state index contributed by atoms with van der Waals surface area (Å²) in [6.45, 7) is 1.09. The van der Waals surface area contributed by atoms with Crippen molar-refractivity contribution in [3.05, 3.63) is 71.1 Å². The van der Waals surface area contributed by atoms with Crippen LogP contribution in [0.2, 0.25) is 5.02 Å². The highest BCUT2D eigenvalue weighted by Crippen LogP contribution is 2.23. The molecule has 2 aromatic carbocycles. The number of benzene rings is 2. The number of aromatic amines is 1. The maximum absolute atomic E-state index is 13.1. The van der Waals surface area contributed by atoms with Crippen LogP contribution in [-0.2, 0) is 10.0 Å². The summed E-state index contributed by atoms with van der Waals surface area (Å²) in [6.07, 6.45) is 0.488. The van der Waals surface area contributed by atoms with E-state index in [0.29, 0.717) is 29.4 Å². The maximum atomic E-state index is 13.1. The standard InChI is InChI=1S/C21H20ClFN4O3S/c22-16-4-1-3-15(13-16)19-14-20(25-24-19)21(28)26-9-2-10-27(12-11-26)31(29,30)18-7-5-17(23)6-8-18/h1,3-8,13-14H,2,9-12H2,(H,24,25). The molecule has 0 saturated carbocycles. The third-order valence-corrected chi connectivity index (χ3v) is 7.27. The van der Waals surface area contributed by atoms with E-state index in [4.69, 9.17) is 11.6 Å². The van der Waals surface area contributed by atoms with Gasteiger partial charge >= 0.3 is 0 Å². The average Bonchev–Trinajstić information content (AvgIpc) is 3.11. The highest BCUT2D eigenvalue weighted by molar-refractivity contribution is 7.89. The number of H-pyrrole nitrogens is 1. The zero-order valence-electron chi connectivity index (χ0n) is 16.5. The minimum atomic E-state index is -3.76. The van der Waals surface area contributed by atoms with Crippen LogP contribution in [0.5, 0.6) is 0 Å². The number of nitrogens with zero attached hydrogens (tertiary/aromatic N) is 3. The molecule has 31 heavy (non-hydrogen) atoms. The number of rotatable bonds is 4. The van der Waals surface area contributed by atoms with E-state index in [0.717, 1.165) is 17.7 Å². The van der Waals surface area contributed by atoms with Gasteiger partial charge in [0.15, 0.2) is 0 Å². The lowest BCUT2D eigenvalue weighted by molar-refractivity contribution is 0.0758. The molecular weight excluding hydrogens is 443 g/mol. The van der Waals surface area contributed by atoms with Gasteiger partial charge < -0.3 is 4.90 Å². The minimum Gasteiger partial charge on any atom is -0.336 e. The second kappa shape index (κ2) is 8.78. The monoisotopic (exact) mass is 462 g/mol. The summed E-state index contributed by atoms with van der Waals surface area (Å²) >= 11 is 6.02. The first-order chi connectivity index (χ1) is 14.8. The summed E-state index contributed by atoms with van der Waals surface area (Å²) in [7, 11) is -3.76. The summed E-state index contributed by atoms with van der Waals surface area (Å²) in [5.74, 6) is -0.745. The van der Waals surface area contributed by atoms with Gasteiger partial charge in [-0.25, -0.2) is 12.8 Å². The van der Waals surface area contributed by atoms with E-state index in [1.807, 2.05) is 6.07 Å². The second-order valence-electron chi connectivity index (χ2n) is 7.18. The summed E-state index contributed by atoms with van der Waals surface area (Å²) in [5, 5.41) is 7.53. The van der Waals surface area contributed by atoms with Crippen molar-refractivity contribution in [2.75, 3.05) is 26.2 Å². The van der Waals surface area contributed by atoms with E-state index in [-0.39, 0.29) is 30.4 Å². The fraction of sp³-hybridized carbons (Fsp3) is 0.238. The highest BCUT2D eigenvalue weighted by Gasteiger charge is 2.29. The summed E-state index contributed by atoms with van der Waals surface area (Å²) in [5.41, 5.74) is 1.71. The van der Waals surface area contributed by atoms with Gasteiger partial charge in [-0.3, -0.25) is 9.89 Å². The molecule has 1 aromatic heterocycles. The second-order valence-corrected chi connectivity index (χ2v) is 9.56. The zero-order valence-corrected chi connectivity index (χ0v) is 18.0. The smallest absolute Gasteiger partial charge is 0.271 e. The average molecular weight is 463 g/mol. The van der Waals surface area contributed by atoms with E-state index < -0.39 is 15.8 Å². The van der Waals surface area contributed by atoms with Crippen LogP contribution in [0.15, 0.2) is 59.5 Å². The number of carbonyl (C=O) groups is 1.